The molecule has 0 saturated carbocycles. The summed E-state index contributed by atoms with van der Waals surface area (Å²) in [5, 5.41) is 0. The zero-order valence-electron chi connectivity index (χ0n) is 12.2. The van der Waals surface area contributed by atoms with Crippen LogP contribution in [0.4, 0.5) is 4.39 Å². The van der Waals surface area contributed by atoms with Crippen LogP contribution in [0.3, 0.4) is 0 Å². The van der Waals surface area contributed by atoms with E-state index < -0.39 is 17.6 Å². The summed E-state index contributed by atoms with van der Waals surface area (Å²) in [5.74, 6) is -2.27. The van der Waals surface area contributed by atoms with Crippen molar-refractivity contribution in [1.82, 2.24) is 0 Å². The predicted molar refractivity (Wildman–Crippen MR) is 70.5 cm³/mol. The highest BCUT2D eigenvalue weighted by Gasteiger charge is 2.49. The molecule has 5 heteroatoms. The van der Waals surface area contributed by atoms with Crippen LogP contribution >= 0.6 is 0 Å². The summed E-state index contributed by atoms with van der Waals surface area (Å²) in [7, 11) is 0. The topological polar surface area (TPSA) is 52.6 Å². The van der Waals surface area contributed by atoms with E-state index in [1.54, 1.807) is 13.8 Å². The second-order valence-electron chi connectivity index (χ2n) is 4.41. The Morgan fingerprint density at radius 1 is 0.895 bits per heavy atom. The molecule has 0 amide bonds. The molecule has 112 valence electrons. The van der Waals surface area contributed by atoms with Crippen molar-refractivity contribution in [3.63, 3.8) is 0 Å². The smallest absolute Gasteiger partial charge is 0.355 e. The predicted octanol–water partition coefficient (Wildman–Crippen LogP) is 3.18. The fourth-order valence-corrected chi connectivity index (χ4v) is 1.75. The van der Waals surface area contributed by atoms with Gasteiger partial charge in [0.05, 0.1) is 13.2 Å². The minimum atomic E-state index is -2.65. The van der Waals surface area contributed by atoms with Gasteiger partial charge in [0.25, 0.3) is 0 Å². The first-order valence-corrected chi connectivity index (χ1v) is 7.06. The summed E-state index contributed by atoms with van der Waals surface area (Å²) in [6, 6.07) is 0. The van der Waals surface area contributed by atoms with Crippen LogP contribution in [0, 0.1) is 0 Å². The summed E-state index contributed by atoms with van der Waals surface area (Å²) in [6.45, 7) is 5.31. The van der Waals surface area contributed by atoms with Crippen molar-refractivity contribution in [1.29, 1.82) is 0 Å². The summed E-state index contributed by atoms with van der Waals surface area (Å²) in [6.07, 6.45) is 4.20. The molecule has 0 aromatic rings. The van der Waals surface area contributed by atoms with Crippen LogP contribution in [0.5, 0.6) is 0 Å². The summed E-state index contributed by atoms with van der Waals surface area (Å²) >= 11 is 0. The number of unbranched alkanes of at least 4 members (excludes halogenated alkanes) is 4. The molecule has 0 heterocycles. The average Bonchev–Trinajstić information content (AvgIpc) is 2.38. The molecule has 0 atom stereocenters. The van der Waals surface area contributed by atoms with Crippen LogP contribution in [0.2, 0.25) is 0 Å². The molecule has 0 aromatic heterocycles. The molecule has 0 bridgehead atoms. The molecule has 19 heavy (non-hydrogen) atoms. The first-order chi connectivity index (χ1) is 9.02. The Morgan fingerprint density at radius 3 is 1.79 bits per heavy atom. The number of esters is 2. The van der Waals surface area contributed by atoms with Crippen molar-refractivity contribution in [3.05, 3.63) is 0 Å². The van der Waals surface area contributed by atoms with Crippen molar-refractivity contribution in [2.24, 2.45) is 0 Å². The Bertz CT molecular complexity index is 261. The normalized spacial score (nSPS) is 11.2. The third kappa shape index (κ3) is 6.03. The highest BCUT2D eigenvalue weighted by molar-refractivity contribution is 6.03. The van der Waals surface area contributed by atoms with Gasteiger partial charge in [0, 0.05) is 6.42 Å². The van der Waals surface area contributed by atoms with E-state index in [9.17, 15) is 14.0 Å². The van der Waals surface area contributed by atoms with E-state index in [4.69, 9.17) is 0 Å². The second-order valence-corrected chi connectivity index (χ2v) is 4.41. The zero-order valence-corrected chi connectivity index (χ0v) is 12.2. The molecule has 0 aliphatic rings. The van der Waals surface area contributed by atoms with E-state index in [1.807, 2.05) is 0 Å². The molecule has 0 spiro atoms. The van der Waals surface area contributed by atoms with Gasteiger partial charge in [-0.25, -0.2) is 14.0 Å². The van der Waals surface area contributed by atoms with Crippen molar-refractivity contribution < 1.29 is 23.5 Å². The van der Waals surface area contributed by atoms with Crippen LogP contribution in [0.15, 0.2) is 0 Å². The fourth-order valence-electron chi connectivity index (χ4n) is 1.75. The minimum absolute atomic E-state index is 0.0414. The number of halogens is 1. The van der Waals surface area contributed by atoms with Gasteiger partial charge in [-0.15, -0.1) is 0 Å². The van der Waals surface area contributed by atoms with Crippen LogP contribution in [-0.4, -0.2) is 30.8 Å². The average molecular weight is 276 g/mol. The van der Waals surface area contributed by atoms with E-state index in [-0.39, 0.29) is 19.6 Å². The number of carbonyl (C=O) groups excluding carboxylic acids is 2. The second kappa shape index (κ2) is 9.75. The summed E-state index contributed by atoms with van der Waals surface area (Å²) < 4.78 is 23.8. The van der Waals surface area contributed by atoms with Gasteiger partial charge in [0.2, 0.25) is 0 Å². The molecule has 4 nitrogen and oxygen atoms in total. The highest BCUT2D eigenvalue weighted by Crippen LogP contribution is 2.24. The van der Waals surface area contributed by atoms with Gasteiger partial charge in [-0.05, 0) is 20.3 Å². The number of hydrogen-bond acceptors (Lipinski definition) is 4. The third-order valence-electron chi connectivity index (χ3n) is 2.82. The maximum atomic E-state index is 14.5. The van der Waals surface area contributed by atoms with Gasteiger partial charge in [-0.3, -0.25) is 0 Å². The lowest BCUT2D eigenvalue weighted by Gasteiger charge is -2.21. The molecule has 0 unspecified atom stereocenters. The number of alkyl halides is 1. The van der Waals surface area contributed by atoms with Gasteiger partial charge >= 0.3 is 17.6 Å². The quantitative estimate of drug-likeness (QED) is 0.349. The maximum absolute atomic E-state index is 14.5. The molecule has 0 radical (unpaired) electrons. The lowest BCUT2D eigenvalue weighted by Crippen LogP contribution is -2.45. The van der Waals surface area contributed by atoms with Crippen molar-refractivity contribution in [2.75, 3.05) is 13.2 Å². The lowest BCUT2D eigenvalue weighted by molar-refractivity contribution is -0.175. The summed E-state index contributed by atoms with van der Waals surface area (Å²) in [5.41, 5.74) is -2.65. The van der Waals surface area contributed by atoms with Gasteiger partial charge in [0.1, 0.15) is 0 Å². The highest BCUT2D eigenvalue weighted by atomic mass is 19.1. The largest absolute Gasteiger partial charge is 0.463 e. The number of ether oxygens (including phenoxy) is 2. The Labute approximate surface area is 114 Å². The Kier molecular flexibility index (Phi) is 9.17. The zero-order chi connectivity index (χ0) is 14.7. The minimum Gasteiger partial charge on any atom is -0.463 e. The molecular formula is C14H25FO4. The van der Waals surface area contributed by atoms with Crippen molar-refractivity contribution in [3.8, 4) is 0 Å². The molecule has 0 N–H and O–H groups in total. The molecule has 0 saturated heterocycles. The van der Waals surface area contributed by atoms with E-state index in [0.717, 1.165) is 25.7 Å². The SMILES string of the molecule is CCCCCCCC(F)(C(=O)OCC)C(=O)OCC. The third-order valence-corrected chi connectivity index (χ3v) is 2.82. The van der Waals surface area contributed by atoms with Crippen LogP contribution in [0.25, 0.3) is 0 Å². The van der Waals surface area contributed by atoms with E-state index in [2.05, 4.69) is 16.4 Å². The van der Waals surface area contributed by atoms with Gasteiger partial charge in [-0.2, -0.15) is 0 Å². The molecule has 0 aliphatic heterocycles. The molecule has 0 fully saturated rings. The summed E-state index contributed by atoms with van der Waals surface area (Å²) in [4.78, 5) is 23.2. The first kappa shape index (κ1) is 17.9. The number of hydrogen-bond donors (Lipinski definition) is 0. The molecule has 0 aliphatic carbocycles. The molecule has 0 rings (SSSR count). The van der Waals surface area contributed by atoms with E-state index in [1.165, 1.54) is 0 Å². The number of carbonyl (C=O) groups is 2. The van der Waals surface area contributed by atoms with Crippen LogP contribution in [0.1, 0.15) is 59.3 Å². The lowest BCUT2D eigenvalue weighted by atomic mass is 9.97. The fraction of sp³-hybridized carbons (Fsp3) is 0.857. The van der Waals surface area contributed by atoms with Crippen LogP contribution < -0.4 is 0 Å². The van der Waals surface area contributed by atoms with Crippen molar-refractivity contribution >= 4 is 11.9 Å². The van der Waals surface area contributed by atoms with E-state index >= 15 is 0 Å². The Hall–Kier alpha value is -1.13. The van der Waals surface area contributed by atoms with E-state index in [0.29, 0.717) is 6.42 Å². The van der Waals surface area contributed by atoms with Gasteiger partial charge < -0.3 is 9.47 Å². The molecular weight excluding hydrogens is 251 g/mol. The monoisotopic (exact) mass is 276 g/mol. The molecule has 0 aromatic carbocycles. The first-order valence-electron chi connectivity index (χ1n) is 7.06. The Balaban J connectivity index is 4.49. The number of rotatable bonds is 10. The van der Waals surface area contributed by atoms with Gasteiger partial charge in [0.15, 0.2) is 0 Å². The van der Waals surface area contributed by atoms with Crippen molar-refractivity contribution in [2.45, 2.75) is 65.0 Å². The van der Waals surface area contributed by atoms with Gasteiger partial charge in [-0.1, -0.05) is 32.6 Å². The Morgan fingerprint density at radius 2 is 1.37 bits per heavy atom. The maximum Gasteiger partial charge on any atom is 0.355 e. The standard InChI is InChI=1S/C14H25FO4/c1-4-7-8-9-10-11-14(15,12(16)18-5-2)13(17)19-6-3/h4-11H2,1-3H3. The van der Waals surface area contributed by atoms with Crippen LogP contribution in [-0.2, 0) is 19.1 Å².